The number of ether oxygens (including phenoxy) is 1. The molecule has 0 fully saturated rings. The highest BCUT2D eigenvalue weighted by Crippen LogP contribution is 2.41. The van der Waals surface area contributed by atoms with Gasteiger partial charge in [-0.05, 0) is 113 Å². The maximum atomic E-state index is 14.4. The van der Waals surface area contributed by atoms with Gasteiger partial charge in [0.15, 0.2) is 0 Å². The fourth-order valence-corrected chi connectivity index (χ4v) is 5.46. The third-order valence-corrected chi connectivity index (χ3v) is 7.77. The Morgan fingerprint density at radius 1 is 0.804 bits per heavy atom. The second-order valence-corrected chi connectivity index (χ2v) is 12.9. The molecule has 0 saturated heterocycles. The van der Waals surface area contributed by atoms with Crippen LogP contribution in [0.3, 0.4) is 0 Å². The number of aromatic nitrogens is 4. The molecule has 9 nitrogen and oxygen atoms in total. The van der Waals surface area contributed by atoms with Gasteiger partial charge in [-0.3, -0.25) is 19.7 Å². The van der Waals surface area contributed by atoms with Crippen LogP contribution in [0.1, 0.15) is 66.6 Å². The standard InChI is InChI=1S/C27H27FN4O2.C13H11FN2O/c1-16-9-8-14-30-24(16)22-19-15-18(28)11-12-20(19)32-25(23(22)21-10-6-7-13-29-21)17(2)31-26(33)34-27(3,4)5;1-8-3-2-6-16-12(8)13(17)10-7-9(14)4-5-11(10)15/h6-15,17H,1-5H3,(H,31,33);2-7H,15H2,1H3. The number of carbonyl (C=O) groups excluding carboxylic acids is 2. The first-order valence-corrected chi connectivity index (χ1v) is 16.2. The minimum atomic E-state index is -0.641. The van der Waals surface area contributed by atoms with Gasteiger partial charge in [-0.15, -0.1) is 0 Å². The number of hydrogen-bond acceptors (Lipinski definition) is 8. The lowest BCUT2D eigenvalue weighted by Crippen LogP contribution is -2.34. The molecule has 2 aromatic carbocycles. The molecule has 0 aliphatic carbocycles. The molecule has 0 aliphatic rings. The average Bonchev–Trinajstić information content (AvgIpc) is 3.08. The molecule has 4 heterocycles. The first-order chi connectivity index (χ1) is 24.2. The Bertz CT molecular complexity index is 2220. The average molecular weight is 689 g/mol. The Morgan fingerprint density at radius 2 is 1.47 bits per heavy atom. The highest BCUT2D eigenvalue weighted by molar-refractivity contribution is 6.11. The Kier molecular flexibility index (Phi) is 10.8. The molecule has 0 radical (unpaired) electrons. The molecule has 0 spiro atoms. The summed E-state index contributed by atoms with van der Waals surface area (Å²) in [5, 5.41) is 3.51. The molecule has 1 unspecified atom stereocenters. The number of nitrogens with one attached hydrogen (secondary N) is 1. The lowest BCUT2D eigenvalue weighted by molar-refractivity contribution is 0.0507. The minimum absolute atomic E-state index is 0.145. The predicted octanol–water partition coefficient (Wildman–Crippen LogP) is 8.73. The lowest BCUT2D eigenvalue weighted by Gasteiger charge is -2.24. The molecule has 260 valence electrons. The molecule has 1 atom stereocenters. The van der Waals surface area contributed by atoms with Gasteiger partial charge in [0, 0.05) is 40.8 Å². The van der Waals surface area contributed by atoms with E-state index < -0.39 is 23.6 Å². The smallest absolute Gasteiger partial charge is 0.408 e. The van der Waals surface area contributed by atoms with Crippen molar-refractivity contribution >= 4 is 28.5 Å². The Hall–Kier alpha value is -6.10. The SMILES string of the molecule is Cc1cccnc1-c1c(-c2ccccn2)c(C(C)NC(=O)OC(C)(C)C)nc2ccc(F)cc12.Cc1cccnc1C(=O)c1cc(F)ccc1N. The number of amides is 1. The van der Waals surface area contributed by atoms with Crippen LogP contribution in [0.2, 0.25) is 0 Å². The van der Waals surface area contributed by atoms with Crippen molar-refractivity contribution in [3.63, 3.8) is 0 Å². The maximum absolute atomic E-state index is 14.4. The summed E-state index contributed by atoms with van der Waals surface area (Å²) in [4.78, 5) is 42.8. The van der Waals surface area contributed by atoms with Crippen molar-refractivity contribution in [3.05, 3.63) is 137 Å². The van der Waals surface area contributed by atoms with Crippen LogP contribution in [0.15, 0.2) is 97.5 Å². The largest absolute Gasteiger partial charge is 0.444 e. The zero-order valence-electron chi connectivity index (χ0n) is 29.2. The number of aryl methyl sites for hydroxylation is 2. The van der Waals surface area contributed by atoms with E-state index in [0.29, 0.717) is 44.8 Å². The molecular formula is C40H38F2N6O3. The molecule has 3 N–H and O–H groups in total. The monoisotopic (exact) mass is 688 g/mol. The Morgan fingerprint density at radius 3 is 2.14 bits per heavy atom. The van der Waals surface area contributed by atoms with E-state index in [1.807, 2.05) is 44.2 Å². The van der Waals surface area contributed by atoms with Crippen molar-refractivity contribution < 1.29 is 23.1 Å². The summed E-state index contributed by atoms with van der Waals surface area (Å²) in [5.41, 5.74) is 11.3. The molecule has 0 bridgehead atoms. The fraction of sp³-hybridized carbons (Fsp3) is 0.200. The van der Waals surface area contributed by atoms with E-state index in [2.05, 4.69) is 20.3 Å². The number of anilines is 1. The number of pyridine rings is 4. The summed E-state index contributed by atoms with van der Waals surface area (Å²) < 4.78 is 33.0. The van der Waals surface area contributed by atoms with E-state index in [-0.39, 0.29) is 22.9 Å². The number of nitrogen functional groups attached to an aromatic ring is 1. The normalized spacial score (nSPS) is 11.7. The van der Waals surface area contributed by atoms with Crippen LogP contribution in [0.25, 0.3) is 33.4 Å². The molecule has 0 saturated carbocycles. The van der Waals surface area contributed by atoms with Crippen LogP contribution in [0, 0.1) is 25.5 Å². The van der Waals surface area contributed by atoms with Gasteiger partial charge in [-0.1, -0.05) is 18.2 Å². The van der Waals surface area contributed by atoms with E-state index in [1.165, 1.54) is 30.5 Å². The van der Waals surface area contributed by atoms with Crippen LogP contribution in [-0.4, -0.2) is 37.4 Å². The van der Waals surface area contributed by atoms with Gasteiger partial charge in [-0.2, -0.15) is 0 Å². The molecule has 51 heavy (non-hydrogen) atoms. The van der Waals surface area contributed by atoms with Crippen molar-refractivity contribution in [2.75, 3.05) is 5.73 Å². The van der Waals surface area contributed by atoms with Gasteiger partial charge in [0.2, 0.25) is 5.78 Å². The number of ketones is 1. The molecular weight excluding hydrogens is 650 g/mol. The molecule has 0 aliphatic heterocycles. The maximum Gasteiger partial charge on any atom is 0.408 e. The van der Waals surface area contributed by atoms with Crippen LogP contribution in [0.5, 0.6) is 0 Å². The number of nitrogens with zero attached hydrogens (tertiary/aromatic N) is 4. The molecule has 6 aromatic rings. The quantitative estimate of drug-likeness (QED) is 0.131. The number of benzene rings is 2. The first-order valence-electron chi connectivity index (χ1n) is 16.2. The van der Waals surface area contributed by atoms with Gasteiger partial charge >= 0.3 is 6.09 Å². The van der Waals surface area contributed by atoms with Gasteiger partial charge < -0.3 is 15.8 Å². The molecule has 1 amide bonds. The van der Waals surface area contributed by atoms with Gasteiger partial charge in [-0.25, -0.2) is 18.6 Å². The molecule has 6 rings (SSSR count). The predicted molar refractivity (Wildman–Crippen MR) is 194 cm³/mol. The number of nitrogens with two attached hydrogens (primary N) is 1. The highest BCUT2D eigenvalue weighted by Gasteiger charge is 2.26. The number of carbonyl (C=O) groups is 2. The second kappa shape index (κ2) is 15.2. The van der Waals surface area contributed by atoms with Crippen molar-refractivity contribution in [1.29, 1.82) is 0 Å². The van der Waals surface area contributed by atoms with Crippen LogP contribution in [0.4, 0.5) is 19.3 Å². The molecule has 11 heteroatoms. The Balaban J connectivity index is 0.000000248. The topological polar surface area (TPSA) is 133 Å². The van der Waals surface area contributed by atoms with Gasteiger partial charge in [0.25, 0.3) is 0 Å². The van der Waals surface area contributed by atoms with Gasteiger partial charge in [0.05, 0.1) is 34.2 Å². The minimum Gasteiger partial charge on any atom is -0.444 e. The summed E-state index contributed by atoms with van der Waals surface area (Å²) in [6, 6.07) is 20.6. The van der Waals surface area contributed by atoms with E-state index in [4.69, 9.17) is 15.5 Å². The summed E-state index contributed by atoms with van der Waals surface area (Å²) in [7, 11) is 0. The number of hydrogen-bond donors (Lipinski definition) is 2. The van der Waals surface area contributed by atoms with Crippen LogP contribution >= 0.6 is 0 Å². The lowest BCUT2D eigenvalue weighted by atomic mass is 9.91. The zero-order valence-corrected chi connectivity index (χ0v) is 29.2. The van der Waals surface area contributed by atoms with Crippen LogP contribution < -0.4 is 11.1 Å². The summed E-state index contributed by atoms with van der Waals surface area (Å²) in [6.07, 6.45) is 4.37. The van der Waals surface area contributed by atoms with Crippen molar-refractivity contribution in [2.24, 2.45) is 0 Å². The Labute approximate surface area is 295 Å². The van der Waals surface area contributed by atoms with Crippen molar-refractivity contribution in [2.45, 2.75) is 53.2 Å². The van der Waals surface area contributed by atoms with E-state index in [0.717, 1.165) is 17.2 Å². The number of fused-ring (bicyclic) bond motifs is 1. The fourth-order valence-electron chi connectivity index (χ4n) is 5.46. The summed E-state index contributed by atoms with van der Waals surface area (Å²) in [5.74, 6) is -1.22. The number of halogens is 2. The zero-order chi connectivity index (χ0) is 36.9. The van der Waals surface area contributed by atoms with Crippen LogP contribution in [-0.2, 0) is 4.74 Å². The van der Waals surface area contributed by atoms with E-state index >= 15 is 0 Å². The summed E-state index contributed by atoms with van der Waals surface area (Å²) >= 11 is 0. The summed E-state index contributed by atoms with van der Waals surface area (Å²) in [6.45, 7) is 11.0. The van der Waals surface area contributed by atoms with E-state index in [9.17, 15) is 18.4 Å². The van der Waals surface area contributed by atoms with Gasteiger partial charge in [0.1, 0.15) is 22.9 Å². The van der Waals surface area contributed by atoms with Crippen molar-refractivity contribution in [3.8, 4) is 22.5 Å². The van der Waals surface area contributed by atoms with Crippen molar-refractivity contribution in [1.82, 2.24) is 25.3 Å². The third kappa shape index (κ3) is 8.56. The number of alkyl carbamates (subject to hydrolysis) is 1. The molecule has 4 aromatic heterocycles. The third-order valence-electron chi connectivity index (χ3n) is 7.77. The van der Waals surface area contributed by atoms with E-state index in [1.54, 1.807) is 58.3 Å². The second-order valence-electron chi connectivity index (χ2n) is 12.9. The number of rotatable bonds is 6. The first kappa shape index (κ1) is 36.2. The highest BCUT2D eigenvalue weighted by atomic mass is 19.1.